The van der Waals surface area contributed by atoms with Crippen molar-refractivity contribution in [2.45, 2.75) is 0 Å². The number of hydrogen-bond acceptors (Lipinski definition) is 3. The van der Waals surface area contributed by atoms with Gasteiger partial charge < -0.3 is 9.30 Å². The first kappa shape index (κ1) is 13.5. The smallest absolute Gasteiger partial charge is 0.133 e. The molecule has 22 heavy (non-hydrogen) atoms. The van der Waals surface area contributed by atoms with Gasteiger partial charge in [0, 0.05) is 22.8 Å². The molecule has 0 N–H and O–H groups in total. The lowest BCUT2D eigenvalue weighted by Crippen LogP contribution is -2.05. The quantitative estimate of drug-likeness (QED) is 0.510. The van der Waals surface area contributed by atoms with Gasteiger partial charge in [0.1, 0.15) is 16.4 Å². The fourth-order valence-electron chi connectivity index (χ4n) is 2.71. The Balaban J connectivity index is 1.96. The number of thiocarbonyl (C=S) groups is 1. The Labute approximate surface area is 138 Å². The van der Waals surface area contributed by atoms with Gasteiger partial charge in [0.2, 0.25) is 0 Å². The first-order valence-corrected chi connectivity index (χ1v) is 7.55. The van der Waals surface area contributed by atoms with E-state index in [1.165, 1.54) is 0 Å². The van der Waals surface area contributed by atoms with E-state index in [1.54, 1.807) is 7.11 Å². The van der Waals surface area contributed by atoms with Crippen LogP contribution in [0.4, 0.5) is 0 Å². The lowest BCUT2D eigenvalue weighted by atomic mass is 10.1. The first-order chi connectivity index (χ1) is 10.7. The number of hydrogen-bond donors (Lipinski definition) is 0. The zero-order valence-corrected chi connectivity index (χ0v) is 13.3. The van der Waals surface area contributed by atoms with Crippen LogP contribution in [0.5, 0.6) is 5.75 Å². The van der Waals surface area contributed by atoms with Gasteiger partial charge in [-0.3, -0.25) is 0 Å². The van der Waals surface area contributed by atoms with E-state index in [9.17, 15) is 0 Å². The van der Waals surface area contributed by atoms with Crippen LogP contribution in [-0.4, -0.2) is 21.6 Å². The molecule has 0 radical (unpaired) electrons. The molecule has 1 aliphatic rings. The normalized spacial score (nSPS) is 12.2. The van der Waals surface area contributed by atoms with E-state index in [-0.39, 0.29) is 0 Å². The molecule has 0 fully saturated rings. The van der Waals surface area contributed by atoms with Crippen LogP contribution >= 0.6 is 23.8 Å². The van der Waals surface area contributed by atoms with E-state index in [0.29, 0.717) is 5.02 Å². The monoisotopic (exact) mass is 326 g/mol. The van der Waals surface area contributed by atoms with Crippen LogP contribution in [0.15, 0.2) is 48.7 Å². The van der Waals surface area contributed by atoms with Gasteiger partial charge >= 0.3 is 0 Å². The molecule has 0 atom stereocenters. The minimum absolute atomic E-state index is 0.701. The molecule has 5 heteroatoms. The van der Waals surface area contributed by atoms with Crippen LogP contribution in [0.1, 0.15) is 5.56 Å². The van der Waals surface area contributed by atoms with Crippen molar-refractivity contribution >= 4 is 28.8 Å². The summed E-state index contributed by atoms with van der Waals surface area (Å²) in [5.41, 5.74) is 4.56. The minimum Gasteiger partial charge on any atom is -0.496 e. The molecule has 0 saturated heterocycles. The van der Waals surface area contributed by atoms with Crippen LogP contribution in [0.3, 0.4) is 0 Å². The van der Waals surface area contributed by atoms with Crippen LogP contribution in [0.2, 0.25) is 5.02 Å². The number of halogens is 1. The summed E-state index contributed by atoms with van der Waals surface area (Å²) in [7, 11) is 1.65. The van der Waals surface area contributed by atoms with Crippen LogP contribution < -0.4 is 4.74 Å². The summed E-state index contributed by atoms with van der Waals surface area (Å²) in [5.74, 6) is 0.739. The maximum absolute atomic E-state index is 5.96. The van der Waals surface area contributed by atoms with Crippen molar-refractivity contribution in [3.63, 3.8) is 0 Å². The van der Waals surface area contributed by atoms with Crippen molar-refractivity contribution < 1.29 is 4.74 Å². The van der Waals surface area contributed by atoms with Crippen molar-refractivity contribution in [1.29, 1.82) is 0 Å². The molecule has 0 spiro atoms. The minimum atomic E-state index is 0.701. The third kappa shape index (κ3) is 1.88. The third-order valence-corrected chi connectivity index (χ3v) is 4.42. The Morgan fingerprint density at radius 2 is 1.95 bits per heavy atom. The van der Waals surface area contributed by atoms with E-state index in [2.05, 4.69) is 0 Å². The molecule has 1 aliphatic heterocycles. The number of pyridine rings is 1. The molecule has 0 unspecified atom stereocenters. The summed E-state index contributed by atoms with van der Waals surface area (Å²) in [4.78, 5) is 5.52. The molecule has 0 amide bonds. The number of methoxy groups -OCH3 is 1. The zero-order chi connectivity index (χ0) is 15.3. The van der Waals surface area contributed by atoms with Crippen molar-refractivity contribution in [2.75, 3.05) is 7.11 Å². The van der Waals surface area contributed by atoms with Crippen molar-refractivity contribution in [1.82, 2.24) is 9.55 Å². The molecule has 1 aromatic carbocycles. The molecule has 2 aromatic heterocycles. The second kappa shape index (κ2) is 4.93. The Morgan fingerprint density at radius 1 is 1.18 bits per heavy atom. The highest BCUT2D eigenvalue weighted by atomic mass is 35.5. The van der Waals surface area contributed by atoms with E-state index in [1.807, 2.05) is 53.2 Å². The maximum Gasteiger partial charge on any atom is 0.133 e. The van der Waals surface area contributed by atoms with Crippen LogP contribution in [0.25, 0.3) is 22.6 Å². The zero-order valence-electron chi connectivity index (χ0n) is 11.7. The predicted molar refractivity (Wildman–Crippen MR) is 91.8 cm³/mol. The fourth-order valence-corrected chi connectivity index (χ4v) is 3.20. The summed E-state index contributed by atoms with van der Waals surface area (Å²) in [6, 6.07) is 13.5. The molecule has 3 aromatic rings. The Kier molecular flexibility index (Phi) is 3.03. The second-order valence-corrected chi connectivity index (χ2v) is 5.83. The summed E-state index contributed by atoms with van der Waals surface area (Å²) in [6.07, 6.45) is 1.95. The summed E-state index contributed by atoms with van der Waals surface area (Å²) in [6.45, 7) is 0. The standard InChI is InChI=1S/C17H11ClN2OS/c1-21-14-9-12(10-4-6-11(18)7-5-10)19-16-13-3-2-8-20(13)17(22)15(14)16/h2-9H,1H3. The van der Waals surface area contributed by atoms with Crippen LogP contribution in [0, 0.1) is 0 Å². The van der Waals surface area contributed by atoms with Gasteiger partial charge in [0.25, 0.3) is 0 Å². The molecule has 0 saturated carbocycles. The van der Waals surface area contributed by atoms with Gasteiger partial charge in [0.05, 0.1) is 24.1 Å². The SMILES string of the molecule is COc1cc(-c2ccc(Cl)cc2)nc2c1C(=S)n1cccc1-2. The molecule has 0 aliphatic carbocycles. The Hall–Kier alpha value is -2.17. The number of aromatic nitrogens is 2. The van der Waals surface area contributed by atoms with Crippen molar-refractivity contribution in [3.8, 4) is 28.4 Å². The highest BCUT2D eigenvalue weighted by molar-refractivity contribution is 7.80. The Morgan fingerprint density at radius 3 is 2.68 bits per heavy atom. The lowest BCUT2D eigenvalue weighted by Gasteiger charge is -2.10. The number of benzene rings is 1. The maximum atomic E-state index is 5.96. The van der Waals surface area contributed by atoms with Gasteiger partial charge in [-0.2, -0.15) is 0 Å². The Bertz CT molecular complexity index is 900. The number of fused-ring (bicyclic) bond motifs is 3. The third-order valence-electron chi connectivity index (χ3n) is 3.77. The van der Waals surface area contributed by atoms with Crippen molar-refractivity contribution in [3.05, 3.63) is 59.2 Å². The summed E-state index contributed by atoms with van der Waals surface area (Å²) in [5, 5.41) is 0.701. The largest absolute Gasteiger partial charge is 0.496 e. The lowest BCUT2D eigenvalue weighted by molar-refractivity contribution is 0.414. The van der Waals surface area contributed by atoms with Gasteiger partial charge in [-0.15, -0.1) is 0 Å². The molecular formula is C17H11ClN2OS. The van der Waals surface area contributed by atoms with Gasteiger partial charge in [0.15, 0.2) is 0 Å². The predicted octanol–water partition coefficient (Wildman–Crippen LogP) is 4.42. The average molecular weight is 327 g/mol. The van der Waals surface area contributed by atoms with Gasteiger partial charge in [-0.1, -0.05) is 36.0 Å². The molecule has 3 heterocycles. The van der Waals surface area contributed by atoms with Gasteiger partial charge in [-0.05, 0) is 24.3 Å². The molecule has 4 rings (SSSR count). The van der Waals surface area contributed by atoms with E-state index in [0.717, 1.165) is 38.9 Å². The molecule has 0 bridgehead atoms. The molecular weight excluding hydrogens is 316 g/mol. The van der Waals surface area contributed by atoms with E-state index in [4.69, 9.17) is 33.5 Å². The molecule has 3 nitrogen and oxygen atoms in total. The molecule has 108 valence electrons. The van der Waals surface area contributed by atoms with Crippen molar-refractivity contribution in [2.24, 2.45) is 0 Å². The number of rotatable bonds is 2. The summed E-state index contributed by atoms with van der Waals surface area (Å²) < 4.78 is 7.51. The highest BCUT2D eigenvalue weighted by Gasteiger charge is 2.28. The van der Waals surface area contributed by atoms with E-state index < -0.39 is 0 Å². The highest BCUT2D eigenvalue weighted by Crippen LogP contribution is 2.39. The topological polar surface area (TPSA) is 27.1 Å². The first-order valence-electron chi connectivity index (χ1n) is 6.76. The van der Waals surface area contributed by atoms with E-state index >= 15 is 0 Å². The average Bonchev–Trinajstić information content (AvgIpc) is 3.11. The number of ether oxygens (including phenoxy) is 1. The van der Waals surface area contributed by atoms with Crippen LogP contribution in [-0.2, 0) is 0 Å². The summed E-state index contributed by atoms with van der Waals surface area (Å²) >= 11 is 11.5. The fraction of sp³-hybridized carbons (Fsp3) is 0.0588. The number of nitrogens with zero attached hydrogens (tertiary/aromatic N) is 2. The second-order valence-electron chi connectivity index (χ2n) is 5.01. The van der Waals surface area contributed by atoms with Gasteiger partial charge in [-0.25, -0.2) is 4.98 Å².